The number of esters is 1. The Hall–Kier alpha value is -2.60. The highest BCUT2D eigenvalue weighted by atomic mass is 32.1. The van der Waals surface area contributed by atoms with Gasteiger partial charge in [0.1, 0.15) is 0 Å². The molecule has 0 fully saturated rings. The minimum atomic E-state index is -0.541. The minimum absolute atomic E-state index is 0.317. The van der Waals surface area contributed by atoms with Crippen molar-refractivity contribution in [3.05, 3.63) is 52.2 Å². The molecule has 1 heterocycles. The summed E-state index contributed by atoms with van der Waals surface area (Å²) in [5.41, 5.74) is 2.79. The van der Waals surface area contributed by atoms with Crippen molar-refractivity contribution in [3.8, 4) is 0 Å². The number of ether oxygens (including phenoxy) is 1. The number of anilines is 2. The number of carbonyl (C=O) groups excluding carboxylic acids is 2. The van der Waals surface area contributed by atoms with Crippen LogP contribution in [0.4, 0.5) is 11.4 Å². The number of nitrogens with one attached hydrogen (secondary N) is 1. The molecule has 24 heavy (non-hydrogen) atoms. The smallest absolute Gasteiger partial charge is 0.331 e. The second kappa shape index (κ2) is 8.31. The average Bonchev–Trinajstić information content (AvgIpc) is 2.96. The monoisotopic (exact) mass is 344 g/mol. The fourth-order valence-electron chi connectivity index (χ4n) is 1.92. The molecule has 0 atom stereocenters. The van der Waals surface area contributed by atoms with Crippen LogP contribution < -0.4 is 10.2 Å². The van der Waals surface area contributed by atoms with E-state index in [4.69, 9.17) is 4.74 Å². The minimum Gasteiger partial charge on any atom is -0.452 e. The van der Waals surface area contributed by atoms with Crippen LogP contribution in [0, 0.1) is 6.92 Å². The molecule has 0 unspecified atom stereocenters. The summed E-state index contributed by atoms with van der Waals surface area (Å²) in [6.45, 7) is 1.65. The van der Waals surface area contributed by atoms with Gasteiger partial charge in [-0.15, -0.1) is 11.3 Å². The first-order valence-corrected chi connectivity index (χ1v) is 8.30. The summed E-state index contributed by atoms with van der Waals surface area (Å²) in [4.78, 5) is 26.4. The van der Waals surface area contributed by atoms with Gasteiger partial charge in [0.15, 0.2) is 6.61 Å². The van der Waals surface area contributed by atoms with Gasteiger partial charge in [-0.05, 0) is 54.3 Å². The lowest BCUT2D eigenvalue weighted by Crippen LogP contribution is -2.20. The van der Waals surface area contributed by atoms with Gasteiger partial charge in [0.05, 0.1) is 0 Å². The lowest BCUT2D eigenvalue weighted by molar-refractivity contribution is -0.142. The summed E-state index contributed by atoms with van der Waals surface area (Å²) in [5.74, 6) is -0.914. The van der Waals surface area contributed by atoms with Crippen LogP contribution in [0.25, 0.3) is 6.08 Å². The van der Waals surface area contributed by atoms with E-state index in [0.29, 0.717) is 5.69 Å². The number of hydrogen-bond acceptors (Lipinski definition) is 5. The summed E-state index contributed by atoms with van der Waals surface area (Å²) >= 11 is 1.54. The molecule has 0 bridgehead atoms. The molecule has 0 aliphatic heterocycles. The van der Waals surface area contributed by atoms with Gasteiger partial charge < -0.3 is 15.0 Å². The van der Waals surface area contributed by atoms with Crippen molar-refractivity contribution in [3.63, 3.8) is 0 Å². The molecule has 1 amide bonds. The van der Waals surface area contributed by atoms with Crippen LogP contribution in [0.3, 0.4) is 0 Å². The third-order valence-corrected chi connectivity index (χ3v) is 4.27. The van der Waals surface area contributed by atoms with Gasteiger partial charge in [0, 0.05) is 36.4 Å². The van der Waals surface area contributed by atoms with Crippen LogP contribution in [0.1, 0.15) is 10.4 Å². The summed E-state index contributed by atoms with van der Waals surface area (Å²) in [6, 6.07) is 9.37. The number of aryl methyl sites for hydroxylation is 1. The molecule has 0 saturated carbocycles. The van der Waals surface area contributed by atoms with Crippen LogP contribution in [0.5, 0.6) is 0 Å². The van der Waals surface area contributed by atoms with E-state index in [2.05, 4.69) is 5.32 Å². The first-order chi connectivity index (χ1) is 11.5. The van der Waals surface area contributed by atoms with E-state index in [1.165, 1.54) is 6.08 Å². The van der Waals surface area contributed by atoms with E-state index in [9.17, 15) is 9.59 Å². The first kappa shape index (κ1) is 17.7. The molecule has 1 aromatic heterocycles. The number of carbonyl (C=O) groups is 2. The lowest BCUT2D eigenvalue weighted by atomic mass is 10.2. The molecule has 0 aliphatic carbocycles. The molecular formula is C18H20N2O3S. The van der Waals surface area contributed by atoms with Crippen LogP contribution >= 0.6 is 11.3 Å². The fraction of sp³-hybridized carbons (Fsp3) is 0.222. The average molecular weight is 344 g/mol. The zero-order valence-corrected chi connectivity index (χ0v) is 14.7. The molecule has 0 saturated heterocycles. The van der Waals surface area contributed by atoms with Gasteiger partial charge in [-0.25, -0.2) is 4.79 Å². The summed E-state index contributed by atoms with van der Waals surface area (Å²) in [6.07, 6.45) is 3.03. The van der Waals surface area contributed by atoms with Crippen molar-refractivity contribution in [1.29, 1.82) is 0 Å². The molecule has 0 radical (unpaired) electrons. The molecule has 2 rings (SSSR count). The molecule has 6 heteroatoms. The van der Waals surface area contributed by atoms with Gasteiger partial charge in [-0.3, -0.25) is 4.79 Å². The summed E-state index contributed by atoms with van der Waals surface area (Å²) in [5, 5.41) is 4.64. The second-order valence-corrected chi connectivity index (χ2v) is 6.35. The Morgan fingerprint density at radius 1 is 1.21 bits per heavy atom. The maximum absolute atomic E-state index is 11.8. The van der Waals surface area contributed by atoms with Crippen molar-refractivity contribution >= 4 is 40.7 Å². The maximum Gasteiger partial charge on any atom is 0.331 e. The van der Waals surface area contributed by atoms with E-state index in [1.54, 1.807) is 29.5 Å². The Labute approximate surface area is 145 Å². The fourth-order valence-corrected chi connectivity index (χ4v) is 2.74. The number of thiophene rings is 1. The summed E-state index contributed by atoms with van der Waals surface area (Å²) < 4.78 is 4.93. The Morgan fingerprint density at radius 2 is 1.92 bits per heavy atom. The topological polar surface area (TPSA) is 58.6 Å². The highest BCUT2D eigenvalue weighted by molar-refractivity contribution is 7.11. The van der Waals surface area contributed by atoms with E-state index in [0.717, 1.165) is 16.1 Å². The predicted molar refractivity (Wildman–Crippen MR) is 98.4 cm³/mol. The van der Waals surface area contributed by atoms with Gasteiger partial charge in [0.25, 0.3) is 5.91 Å². The quantitative estimate of drug-likeness (QED) is 0.645. The molecular weight excluding hydrogens is 324 g/mol. The predicted octanol–water partition coefficient (Wildman–Crippen LogP) is 3.32. The molecule has 5 nitrogen and oxygen atoms in total. The van der Waals surface area contributed by atoms with Crippen LogP contribution in [-0.4, -0.2) is 32.6 Å². The van der Waals surface area contributed by atoms with Crippen LogP contribution in [-0.2, 0) is 14.3 Å². The van der Waals surface area contributed by atoms with E-state index in [-0.39, 0.29) is 12.5 Å². The van der Waals surface area contributed by atoms with Crippen molar-refractivity contribution in [2.45, 2.75) is 6.92 Å². The van der Waals surface area contributed by atoms with Gasteiger partial charge in [-0.1, -0.05) is 0 Å². The van der Waals surface area contributed by atoms with Gasteiger partial charge >= 0.3 is 5.97 Å². The van der Waals surface area contributed by atoms with Crippen molar-refractivity contribution in [1.82, 2.24) is 0 Å². The molecule has 2 aromatic rings. The Balaban J connectivity index is 1.79. The van der Waals surface area contributed by atoms with Gasteiger partial charge in [-0.2, -0.15) is 0 Å². The third kappa shape index (κ3) is 5.24. The number of benzene rings is 1. The molecule has 1 aromatic carbocycles. The molecule has 0 aliphatic rings. The molecule has 126 valence electrons. The van der Waals surface area contributed by atoms with Crippen molar-refractivity contribution < 1.29 is 14.3 Å². The molecule has 0 spiro atoms. The van der Waals surface area contributed by atoms with Crippen molar-refractivity contribution in [2.75, 3.05) is 30.9 Å². The van der Waals surface area contributed by atoms with E-state index in [1.807, 2.05) is 49.5 Å². The van der Waals surface area contributed by atoms with E-state index >= 15 is 0 Å². The van der Waals surface area contributed by atoms with E-state index < -0.39 is 5.97 Å². The molecule has 1 N–H and O–H groups in total. The summed E-state index contributed by atoms with van der Waals surface area (Å²) in [7, 11) is 3.89. The second-order valence-electron chi connectivity index (χ2n) is 5.40. The van der Waals surface area contributed by atoms with Crippen molar-refractivity contribution in [2.24, 2.45) is 0 Å². The number of nitrogens with zero attached hydrogens (tertiary/aromatic N) is 1. The number of rotatable bonds is 6. The Kier molecular flexibility index (Phi) is 6.14. The zero-order valence-electron chi connectivity index (χ0n) is 13.9. The first-order valence-electron chi connectivity index (χ1n) is 7.42. The Morgan fingerprint density at radius 3 is 2.50 bits per heavy atom. The standard InChI is InChI=1S/C18H20N2O3S/c1-13-10-11-24-16(13)8-9-18(22)23-12-17(21)19-14-4-6-15(7-5-14)20(2)3/h4-11H,12H2,1-3H3,(H,19,21)/b9-8+. The highest BCUT2D eigenvalue weighted by Gasteiger charge is 2.06. The maximum atomic E-state index is 11.8. The SMILES string of the molecule is Cc1ccsc1/C=C/C(=O)OCC(=O)Nc1ccc(N(C)C)cc1. The third-order valence-electron chi connectivity index (χ3n) is 3.29. The largest absolute Gasteiger partial charge is 0.452 e. The number of amides is 1. The van der Waals surface area contributed by atoms with Crippen LogP contribution in [0.2, 0.25) is 0 Å². The zero-order chi connectivity index (χ0) is 17.5. The van der Waals surface area contributed by atoms with Gasteiger partial charge in [0.2, 0.25) is 0 Å². The lowest BCUT2D eigenvalue weighted by Gasteiger charge is -2.13. The highest BCUT2D eigenvalue weighted by Crippen LogP contribution is 2.17. The number of hydrogen-bond donors (Lipinski definition) is 1. The van der Waals surface area contributed by atoms with Crippen LogP contribution in [0.15, 0.2) is 41.8 Å². The Bertz CT molecular complexity index is 733. The normalized spacial score (nSPS) is 10.6.